The summed E-state index contributed by atoms with van der Waals surface area (Å²) in [5, 5.41) is 13.7. The van der Waals surface area contributed by atoms with Gasteiger partial charge in [0.05, 0.1) is 24.2 Å². The number of aliphatic hydroxyl groups excluding tert-OH is 1. The Morgan fingerprint density at radius 2 is 1.90 bits per heavy atom. The van der Waals surface area contributed by atoms with Gasteiger partial charge in [-0.2, -0.15) is 4.31 Å². The van der Waals surface area contributed by atoms with Crippen molar-refractivity contribution in [2.45, 2.75) is 53.7 Å². The molecule has 0 aliphatic carbocycles. The smallest absolute Gasteiger partial charge is 0.246 e. The maximum atomic E-state index is 13.3. The molecule has 216 valence electrons. The summed E-state index contributed by atoms with van der Waals surface area (Å²) in [7, 11) is -4.48. The van der Waals surface area contributed by atoms with Gasteiger partial charge in [0.15, 0.2) is 0 Å². The quantitative estimate of drug-likeness (QED) is 0.356. The third-order valence-electron chi connectivity index (χ3n) is 7.25. The molecule has 2 saturated heterocycles. The average Bonchev–Trinajstić information content (AvgIpc) is 3.33. The lowest BCUT2D eigenvalue weighted by molar-refractivity contribution is -0.0312. The summed E-state index contributed by atoms with van der Waals surface area (Å²) in [6.45, 7) is 3.28. The summed E-state index contributed by atoms with van der Waals surface area (Å²) >= 11 is 0. The zero-order chi connectivity index (χ0) is 28.3. The number of hydrogen-bond donors (Lipinski definition) is 3. The van der Waals surface area contributed by atoms with Gasteiger partial charge in [-0.15, -0.1) is 0 Å². The average molecular weight is 584 g/mol. The summed E-state index contributed by atoms with van der Waals surface area (Å²) in [6.07, 6.45) is 1.06. The van der Waals surface area contributed by atoms with E-state index in [-0.39, 0.29) is 29.0 Å². The molecule has 13 heteroatoms. The number of piperidine rings is 1. The number of nitrogens with zero attached hydrogens (tertiary/aromatic N) is 1. The standard InChI is InChI=1S/C26H37N3O8S2/c1-19-7-8-24(35-3)25(13-19)39(33,34)29-11-9-26(10-12-29)15-20(17-37-26)28-16-21(30)18-36-22-5-4-6-23(14-22)38(31,32)27-2/h4-8,13-14,20-21,27-28,30H,9-12,15-18H2,1-3H3. The van der Waals surface area contributed by atoms with Crippen LogP contribution in [0, 0.1) is 6.92 Å². The minimum Gasteiger partial charge on any atom is -0.495 e. The Bertz CT molecular complexity index is 1360. The van der Waals surface area contributed by atoms with Gasteiger partial charge in [0, 0.05) is 31.7 Å². The predicted molar refractivity (Wildman–Crippen MR) is 145 cm³/mol. The molecule has 2 heterocycles. The highest BCUT2D eigenvalue weighted by atomic mass is 32.2. The van der Waals surface area contributed by atoms with E-state index < -0.39 is 31.8 Å². The Morgan fingerprint density at radius 1 is 1.15 bits per heavy atom. The van der Waals surface area contributed by atoms with Crippen LogP contribution in [0.4, 0.5) is 0 Å². The number of ether oxygens (including phenoxy) is 3. The van der Waals surface area contributed by atoms with E-state index in [0.29, 0.717) is 50.5 Å². The van der Waals surface area contributed by atoms with E-state index >= 15 is 0 Å². The van der Waals surface area contributed by atoms with Crippen molar-refractivity contribution in [1.82, 2.24) is 14.3 Å². The zero-order valence-corrected chi connectivity index (χ0v) is 24.1. The highest BCUT2D eigenvalue weighted by Crippen LogP contribution is 2.38. The second-order valence-electron chi connectivity index (χ2n) is 10.0. The van der Waals surface area contributed by atoms with Crippen LogP contribution in [-0.2, 0) is 24.8 Å². The Kier molecular flexibility index (Phi) is 9.21. The fourth-order valence-corrected chi connectivity index (χ4v) is 7.43. The lowest BCUT2D eigenvalue weighted by Gasteiger charge is -2.38. The Morgan fingerprint density at radius 3 is 2.59 bits per heavy atom. The molecule has 39 heavy (non-hydrogen) atoms. The van der Waals surface area contributed by atoms with Gasteiger partial charge in [-0.1, -0.05) is 12.1 Å². The Hall–Kier alpha value is -2.26. The summed E-state index contributed by atoms with van der Waals surface area (Å²) in [4.78, 5) is 0.264. The van der Waals surface area contributed by atoms with Crippen LogP contribution in [0.25, 0.3) is 0 Å². The molecule has 1 spiro atoms. The molecule has 2 aliphatic rings. The van der Waals surface area contributed by atoms with Gasteiger partial charge < -0.3 is 24.6 Å². The highest BCUT2D eigenvalue weighted by molar-refractivity contribution is 7.89. The maximum Gasteiger partial charge on any atom is 0.246 e. The fourth-order valence-electron chi connectivity index (χ4n) is 4.99. The number of rotatable bonds is 11. The van der Waals surface area contributed by atoms with Crippen LogP contribution >= 0.6 is 0 Å². The summed E-state index contributed by atoms with van der Waals surface area (Å²) in [5.41, 5.74) is 0.444. The largest absolute Gasteiger partial charge is 0.495 e. The number of aryl methyl sites for hydroxylation is 1. The van der Waals surface area contributed by atoms with Crippen molar-refractivity contribution in [1.29, 1.82) is 0 Å². The Labute approximate surface area is 230 Å². The van der Waals surface area contributed by atoms with Gasteiger partial charge in [0.1, 0.15) is 29.1 Å². The van der Waals surface area contributed by atoms with Gasteiger partial charge >= 0.3 is 0 Å². The van der Waals surface area contributed by atoms with Crippen molar-refractivity contribution in [2.75, 3.05) is 47.0 Å². The first kappa shape index (κ1) is 29.7. The SMILES string of the molecule is CNS(=O)(=O)c1cccc(OCC(O)CNC2COC3(CCN(S(=O)(=O)c4cc(C)ccc4OC)CC3)C2)c1. The molecule has 0 radical (unpaired) electrons. The molecule has 0 bridgehead atoms. The lowest BCUT2D eigenvalue weighted by Crippen LogP contribution is -2.47. The first-order valence-corrected chi connectivity index (χ1v) is 15.8. The molecule has 4 rings (SSSR count). The monoisotopic (exact) mass is 583 g/mol. The van der Waals surface area contributed by atoms with Gasteiger partial charge in [-0.25, -0.2) is 21.6 Å². The number of aliphatic hydroxyl groups is 1. The maximum absolute atomic E-state index is 13.3. The first-order chi connectivity index (χ1) is 18.5. The number of sulfonamides is 2. The third-order valence-corrected chi connectivity index (χ3v) is 10.6. The third kappa shape index (κ3) is 6.91. The predicted octanol–water partition coefficient (Wildman–Crippen LogP) is 1.25. The van der Waals surface area contributed by atoms with Crippen LogP contribution in [0.15, 0.2) is 52.3 Å². The molecule has 0 aromatic heterocycles. The molecule has 0 saturated carbocycles. The van der Waals surface area contributed by atoms with Crippen LogP contribution in [-0.4, -0.2) is 91.0 Å². The van der Waals surface area contributed by atoms with Crippen molar-refractivity contribution < 1.29 is 36.2 Å². The number of methoxy groups -OCH3 is 1. The van der Waals surface area contributed by atoms with E-state index in [0.717, 1.165) is 5.56 Å². The van der Waals surface area contributed by atoms with E-state index in [4.69, 9.17) is 14.2 Å². The molecule has 2 aromatic rings. The fraction of sp³-hybridized carbons (Fsp3) is 0.538. The summed E-state index contributed by atoms with van der Waals surface area (Å²) in [5.74, 6) is 0.680. The van der Waals surface area contributed by atoms with Gasteiger partial charge in [0.2, 0.25) is 20.0 Å². The van der Waals surface area contributed by atoms with Crippen LogP contribution in [0.2, 0.25) is 0 Å². The van der Waals surface area contributed by atoms with Crippen LogP contribution in [0.1, 0.15) is 24.8 Å². The topological polar surface area (TPSA) is 144 Å². The first-order valence-electron chi connectivity index (χ1n) is 12.8. The highest BCUT2D eigenvalue weighted by Gasteiger charge is 2.45. The van der Waals surface area contributed by atoms with Crippen molar-refractivity contribution in [2.24, 2.45) is 0 Å². The Balaban J connectivity index is 1.25. The molecular weight excluding hydrogens is 546 g/mol. The van der Waals surface area contributed by atoms with E-state index in [1.807, 2.05) is 13.0 Å². The summed E-state index contributed by atoms with van der Waals surface area (Å²) < 4.78 is 71.4. The molecule has 3 N–H and O–H groups in total. The normalized spacial score (nSPS) is 20.7. The minimum absolute atomic E-state index is 0.00990. The number of nitrogens with one attached hydrogen (secondary N) is 2. The number of hydrogen-bond acceptors (Lipinski definition) is 9. The molecule has 2 unspecified atom stereocenters. The van der Waals surface area contributed by atoms with Gasteiger partial charge in [-0.3, -0.25) is 0 Å². The lowest BCUT2D eigenvalue weighted by atomic mass is 9.88. The van der Waals surface area contributed by atoms with E-state index in [1.54, 1.807) is 24.3 Å². The van der Waals surface area contributed by atoms with Crippen molar-refractivity contribution >= 4 is 20.0 Å². The molecular formula is C26H37N3O8S2. The molecule has 2 atom stereocenters. The van der Waals surface area contributed by atoms with Crippen LogP contribution in [0.5, 0.6) is 11.5 Å². The minimum atomic E-state index is -3.70. The molecule has 11 nitrogen and oxygen atoms in total. The van der Waals surface area contributed by atoms with Crippen molar-refractivity contribution in [3.63, 3.8) is 0 Å². The number of benzene rings is 2. The second-order valence-corrected chi connectivity index (χ2v) is 13.8. The van der Waals surface area contributed by atoms with Crippen molar-refractivity contribution in [3.05, 3.63) is 48.0 Å². The summed E-state index contributed by atoms with van der Waals surface area (Å²) in [6, 6.07) is 11.2. The molecule has 2 aromatic carbocycles. The van der Waals surface area contributed by atoms with E-state index in [2.05, 4.69) is 10.0 Å². The molecule has 2 fully saturated rings. The van der Waals surface area contributed by atoms with Crippen LogP contribution < -0.4 is 19.5 Å². The molecule has 0 amide bonds. The van der Waals surface area contributed by atoms with Gasteiger partial charge in [0.25, 0.3) is 0 Å². The zero-order valence-electron chi connectivity index (χ0n) is 22.4. The van der Waals surface area contributed by atoms with E-state index in [9.17, 15) is 21.9 Å². The second kappa shape index (κ2) is 12.1. The molecule has 2 aliphatic heterocycles. The van der Waals surface area contributed by atoms with Crippen LogP contribution in [0.3, 0.4) is 0 Å². The van der Waals surface area contributed by atoms with Crippen molar-refractivity contribution in [3.8, 4) is 11.5 Å². The van der Waals surface area contributed by atoms with E-state index in [1.165, 1.54) is 30.6 Å². The van der Waals surface area contributed by atoms with Gasteiger partial charge in [-0.05, 0) is 63.1 Å².